The van der Waals surface area contributed by atoms with Crippen LogP contribution in [0.2, 0.25) is 0 Å². The second kappa shape index (κ2) is 4.70. The summed E-state index contributed by atoms with van der Waals surface area (Å²) in [6.07, 6.45) is 2.81. The topological polar surface area (TPSA) is 34.9 Å². The summed E-state index contributed by atoms with van der Waals surface area (Å²) in [7, 11) is 0. The second-order valence-corrected chi connectivity index (χ2v) is 4.93. The summed E-state index contributed by atoms with van der Waals surface area (Å²) >= 11 is 0. The summed E-state index contributed by atoms with van der Waals surface area (Å²) < 4.78 is 1.77. The van der Waals surface area contributed by atoms with Crippen molar-refractivity contribution in [3.05, 3.63) is 40.3 Å². The summed E-state index contributed by atoms with van der Waals surface area (Å²) in [5.41, 5.74) is 1.95. The molecule has 3 nitrogen and oxygen atoms in total. The fourth-order valence-electron chi connectivity index (χ4n) is 1.89. The molecule has 0 atom stereocenters. The fraction of sp³-hybridized carbons (Fsp3) is 0.429. The molecule has 0 bridgehead atoms. The molecule has 0 saturated carbocycles. The minimum Gasteiger partial charge on any atom is -0.293 e. The molecule has 0 fully saturated rings. The Morgan fingerprint density at radius 1 is 1.35 bits per heavy atom. The first-order chi connectivity index (χ1) is 8.08. The van der Waals surface area contributed by atoms with Crippen molar-refractivity contribution in [3.8, 4) is 0 Å². The lowest BCUT2D eigenvalue weighted by atomic mass is 10.1. The molecular formula is C14H18N2O. The molecule has 2 heterocycles. The molecule has 0 aliphatic rings. The van der Waals surface area contributed by atoms with Gasteiger partial charge in [0.05, 0.1) is 0 Å². The van der Waals surface area contributed by atoms with E-state index in [1.165, 1.54) is 0 Å². The molecule has 0 unspecified atom stereocenters. The molecule has 3 heteroatoms. The normalized spacial score (nSPS) is 11.3. The van der Waals surface area contributed by atoms with E-state index in [0.29, 0.717) is 5.92 Å². The van der Waals surface area contributed by atoms with Crippen LogP contribution < -0.4 is 5.56 Å². The van der Waals surface area contributed by atoms with Crippen LogP contribution in [-0.4, -0.2) is 9.55 Å². The molecule has 0 N–H and O–H groups in total. The van der Waals surface area contributed by atoms with E-state index in [4.69, 9.17) is 0 Å². The van der Waals surface area contributed by atoms with Crippen LogP contribution in [0.1, 0.15) is 25.8 Å². The zero-order chi connectivity index (χ0) is 12.4. The van der Waals surface area contributed by atoms with Crippen LogP contribution >= 0.6 is 0 Å². The third-order valence-corrected chi connectivity index (χ3v) is 2.89. The van der Waals surface area contributed by atoms with E-state index in [1.807, 2.05) is 19.2 Å². The van der Waals surface area contributed by atoms with Crippen LogP contribution in [0.25, 0.3) is 11.0 Å². The molecule has 0 radical (unpaired) electrons. The number of nitrogens with zero attached hydrogens (tertiary/aromatic N) is 2. The highest BCUT2D eigenvalue weighted by atomic mass is 16.1. The van der Waals surface area contributed by atoms with Gasteiger partial charge in [-0.15, -0.1) is 0 Å². The Morgan fingerprint density at radius 3 is 2.82 bits per heavy atom. The van der Waals surface area contributed by atoms with E-state index in [1.54, 1.807) is 10.6 Å². The molecule has 0 amide bonds. The molecule has 0 spiro atoms. The third kappa shape index (κ3) is 2.54. The van der Waals surface area contributed by atoms with Gasteiger partial charge in [0, 0.05) is 24.2 Å². The number of aryl methyl sites for hydroxylation is 2. The molecule has 17 heavy (non-hydrogen) atoms. The van der Waals surface area contributed by atoms with Crippen LogP contribution in [0.3, 0.4) is 0 Å². The smallest absolute Gasteiger partial charge is 0.252 e. The van der Waals surface area contributed by atoms with Gasteiger partial charge in [-0.25, -0.2) is 4.98 Å². The van der Waals surface area contributed by atoms with Crippen molar-refractivity contribution in [1.82, 2.24) is 9.55 Å². The van der Waals surface area contributed by atoms with Crippen molar-refractivity contribution in [2.75, 3.05) is 0 Å². The third-order valence-electron chi connectivity index (χ3n) is 2.89. The van der Waals surface area contributed by atoms with Gasteiger partial charge in [0.1, 0.15) is 5.65 Å². The van der Waals surface area contributed by atoms with Crippen molar-refractivity contribution in [1.29, 1.82) is 0 Å². The first kappa shape index (κ1) is 11.8. The number of rotatable bonds is 3. The second-order valence-electron chi connectivity index (χ2n) is 4.93. The minimum atomic E-state index is 0.0366. The standard InChI is InChI=1S/C14H18N2O/c1-10(2)6-7-16-13(17)5-4-12-8-11(3)9-15-14(12)16/h4-5,8-10H,6-7H2,1-3H3. The molecule has 0 aliphatic heterocycles. The first-order valence-corrected chi connectivity index (χ1v) is 6.04. The molecule has 90 valence electrons. The summed E-state index contributed by atoms with van der Waals surface area (Å²) in [5.74, 6) is 0.586. The van der Waals surface area contributed by atoms with Gasteiger partial charge >= 0.3 is 0 Å². The maximum atomic E-state index is 11.9. The van der Waals surface area contributed by atoms with E-state index in [9.17, 15) is 4.79 Å². The van der Waals surface area contributed by atoms with Crippen LogP contribution in [0.15, 0.2) is 29.2 Å². The Balaban J connectivity index is 2.52. The predicted octanol–water partition coefficient (Wildman–Crippen LogP) is 2.75. The maximum Gasteiger partial charge on any atom is 0.252 e. The van der Waals surface area contributed by atoms with Crippen LogP contribution in [0.4, 0.5) is 0 Å². The van der Waals surface area contributed by atoms with Gasteiger partial charge in [0.15, 0.2) is 0 Å². The van der Waals surface area contributed by atoms with E-state index in [2.05, 4.69) is 24.9 Å². The van der Waals surface area contributed by atoms with E-state index in [0.717, 1.165) is 29.6 Å². The Morgan fingerprint density at radius 2 is 2.12 bits per heavy atom. The zero-order valence-electron chi connectivity index (χ0n) is 10.6. The predicted molar refractivity (Wildman–Crippen MR) is 70.2 cm³/mol. The Kier molecular flexibility index (Phi) is 3.27. The van der Waals surface area contributed by atoms with Gasteiger partial charge in [-0.1, -0.05) is 13.8 Å². The van der Waals surface area contributed by atoms with Crippen LogP contribution in [-0.2, 0) is 6.54 Å². The zero-order valence-corrected chi connectivity index (χ0v) is 10.6. The minimum absolute atomic E-state index is 0.0366. The van der Waals surface area contributed by atoms with Gasteiger partial charge < -0.3 is 0 Å². The number of pyridine rings is 2. The average molecular weight is 230 g/mol. The Bertz CT molecular complexity index is 584. The van der Waals surface area contributed by atoms with Gasteiger partial charge in [-0.3, -0.25) is 9.36 Å². The number of hydrogen-bond donors (Lipinski definition) is 0. The lowest BCUT2D eigenvalue weighted by molar-refractivity contribution is 0.515. The number of fused-ring (bicyclic) bond motifs is 1. The number of hydrogen-bond acceptors (Lipinski definition) is 2. The quantitative estimate of drug-likeness (QED) is 0.812. The SMILES string of the molecule is Cc1cnc2c(ccc(=O)n2CCC(C)C)c1. The molecule has 2 aromatic rings. The van der Waals surface area contributed by atoms with Gasteiger partial charge in [0.2, 0.25) is 0 Å². The Hall–Kier alpha value is -1.64. The van der Waals surface area contributed by atoms with E-state index >= 15 is 0 Å². The molecule has 0 aromatic carbocycles. The van der Waals surface area contributed by atoms with Gasteiger partial charge in [0.25, 0.3) is 5.56 Å². The van der Waals surface area contributed by atoms with Crippen molar-refractivity contribution in [2.45, 2.75) is 33.7 Å². The summed E-state index contributed by atoms with van der Waals surface area (Å²) in [5, 5.41) is 1.04. The Labute approximate surface area is 101 Å². The monoisotopic (exact) mass is 230 g/mol. The highest BCUT2D eigenvalue weighted by Crippen LogP contribution is 2.12. The first-order valence-electron chi connectivity index (χ1n) is 6.04. The van der Waals surface area contributed by atoms with Crippen molar-refractivity contribution < 1.29 is 0 Å². The fourth-order valence-corrected chi connectivity index (χ4v) is 1.89. The highest BCUT2D eigenvalue weighted by Gasteiger charge is 2.05. The maximum absolute atomic E-state index is 11.9. The summed E-state index contributed by atoms with van der Waals surface area (Å²) in [4.78, 5) is 16.2. The van der Waals surface area contributed by atoms with Crippen molar-refractivity contribution in [3.63, 3.8) is 0 Å². The van der Waals surface area contributed by atoms with Gasteiger partial charge in [-0.05, 0) is 37.0 Å². The number of aromatic nitrogens is 2. The molecule has 0 saturated heterocycles. The van der Waals surface area contributed by atoms with Crippen LogP contribution in [0.5, 0.6) is 0 Å². The highest BCUT2D eigenvalue weighted by molar-refractivity contribution is 5.75. The molecular weight excluding hydrogens is 212 g/mol. The lowest BCUT2D eigenvalue weighted by Crippen LogP contribution is -2.20. The molecule has 2 aromatic heterocycles. The lowest BCUT2D eigenvalue weighted by Gasteiger charge is -2.10. The van der Waals surface area contributed by atoms with Crippen molar-refractivity contribution in [2.24, 2.45) is 5.92 Å². The largest absolute Gasteiger partial charge is 0.293 e. The van der Waals surface area contributed by atoms with Crippen molar-refractivity contribution >= 4 is 11.0 Å². The summed E-state index contributed by atoms with van der Waals surface area (Å²) in [6, 6.07) is 5.54. The van der Waals surface area contributed by atoms with Crippen LogP contribution in [0, 0.1) is 12.8 Å². The summed E-state index contributed by atoms with van der Waals surface area (Å²) in [6.45, 7) is 7.07. The van der Waals surface area contributed by atoms with Gasteiger partial charge in [-0.2, -0.15) is 0 Å². The van der Waals surface area contributed by atoms with E-state index in [-0.39, 0.29) is 5.56 Å². The molecule has 2 rings (SSSR count). The average Bonchev–Trinajstić information content (AvgIpc) is 2.27. The molecule has 0 aliphatic carbocycles. The van der Waals surface area contributed by atoms with E-state index < -0.39 is 0 Å².